The highest BCUT2D eigenvalue weighted by molar-refractivity contribution is 7.91. The van der Waals surface area contributed by atoms with Crippen LogP contribution in [0.2, 0.25) is 0 Å². The van der Waals surface area contributed by atoms with Crippen molar-refractivity contribution in [2.24, 2.45) is 0 Å². The molecule has 1 aliphatic heterocycles. The minimum absolute atomic E-state index is 0.0415. The minimum atomic E-state index is -3.70. The smallest absolute Gasteiger partial charge is 0.231 e. The standard InChI is InChI=1S/C18H21NO5S2/c1-2-3-6-18(20)19-11-17(16-5-4-9-25-16)26(21,22)13-7-8-14-15(10-13)24-12-23-14/h4-5,7-10,17H,2-3,6,11-12H2,1H3,(H,19,20)/t17-/m1/s1. The number of nitrogens with one attached hydrogen (secondary N) is 1. The van der Waals surface area contributed by atoms with Crippen LogP contribution in [0, 0.1) is 0 Å². The van der Waals surface area contributed by atoms with Crippen molar-refractivity contribution >= 4 is 27.1 Å². The number of hydrogen-bond donors (Lipinski definition) is 1. The van der Waals surface area contributed by atoms with E-state index in [1.54, 1.807) is 18.2 Å². The maximum Gasteiger partial charge on any atom is 0.231 e. The Kier molecular flexibility index (Phi) is 5.83. The summed E-state index contributed by atoms with van der Waals surface area (Å²) in [6, 6.07) is 8.18. The first-order valence-electron chi connectivity index (χ1n) is 8.46. The van der Waals surface area contributed by atoms with Crippen molar-refractivity contribution in [1.82, 2.24) is 5.32 Å². The van der Waals surface area contributed by atoms with E-state index in [1.807, 2.05) is 12.3 Å². The van der Waals surface area contributed by atoms with E-state index in [2.05, 4.69) is 5.32 Å². The zero-order valence-corrected chi connectivity index (χ0v) is 16.1. The van der Waals surface area contributed by atoms with Gasteiger partial charge in [0, 0.05) is 23.9 Å². The predicted octanol–water partition coefficient (Wildman–Crippen LogP) is 3.30. The molecule has 1 atom stereocenters. The number of unbranched alkanes of at least 4 members (excludes halogenated alkanes) is 1. The number of thiophene rings is 1. The van der Waals surface area contributed by atoms with Crippen LogP contribution in [0.3, 0.4) is 0 Å². The van der Waals surface area contributed by atoms with E-state index in [9.17, 15) is 13.2 Å². The van der Waals surface area contributed by atoms with Crippen LogP contribution in [0.5, 0.6) is 11.5 Å². The van der Waals surface area contributed by atoms with Gasteiger partial charge in [0.2, 0.25) is 12.7 Å². The number of rotatable bonds is 8. The third-order valence-electron chi connectivity index (χ3n) is 4.15. The summed E-state index contributed by atoms with van der Waals surface area (Å²) in [4.78, 5) is 12.8. The molecule has 1 amide bonds. The van der Waals surface area contributed by atoms with Crippen LogP contribution in [0.15, 0.2) is 40.6 Å². The van der Waals surface area contributed by atoms with Crippen LogP contribution in [0.25, 0.3) is 0 Å². The Balaban J connectivity index is 1.85. The lowest BCUT2D eigenvalue weighted by Crippen LogP contribution is -2.31. The molecule has 0 aliphatic carbocycles. The van der Waals surface area contributed by atoms with Crippen molar-refractivity contribution in [2.45, 2.75) is 36.3 Å². The monoisotopic (exact) mass is 395 g/mol. The van der Waals surface area contributed by atoms with E-state index >= 15 is 0 Å². The Hall–Kier alpha value is -2.06. The first kappa shape index (κ1) is 18.7. The fourth-order valence-corrected chi connectivity index (χ4v) is 5.49. The Morgan fingerprint density at radius 3 is 2.81 bits per heavy atom. The number of hydrogen-bond acceptors (Lipinski definition) is 6. The van der Waals surface area contributed by atoms with Crippen molar-refractivity contribution in [3.8, 4) is 11.5 Å². The number of sulfone groups is 1. The highest BCUT2D eigenvalue weighted by atomic mass is 32.2. The Labute approximate surface area is 157 Å². The Morgan fingerprint density at radius 2 is 2.08 bits per heavy atom. The fourth-order valence-electron chi connectivity index (χ4n) is 2.69. The highest BCUT2D eigenvalue weighted by Gasteiger charge is 2.31. The first-order chi connectivity index (χ1) is 12.5. The van der Waals surface area contributed by atoms with Gasteiger partial charge in [-0.3, -0.25) is 4.79 Å². The summed E-state index contributed by atoms with van der Waals surface area (Å²) in [5.74, 6) is 0.821. The molecular formula is C18H21NO5S2. The molecule has 1 N–H and O–H groups in total. The maximum absolute atomic E-state index is 13.2. The average Bonchev–Trinajstić information content (AvgIpc) is 3.30. The Bertz CT molecular complexity index is 862. The van der Waals surface area contributed by atoms with E-state index in [-0.39, 0.29) is 24.1 Å². The number of amides is 1. The van der Waals surface area contributed by atoms with Crippen LogP contribution in [0.1, 0.15) is 36.3 Å². The van der Waals surface area contributed by atoms with Gasteiger partial charge in [0.25, 0.3) is 0 Å². The van der Waals surface area contributed by atoms with Crippen LogP contribution < -0.4 is 14.8 Å². The average molecular weight is 396 g/mol. The number of benzene rings is 1. The number of carbonyl (C=O) groups is 1. The molecule has 3 rings (SSSR count). The lowest BCUT2D eigenvalue weighted by atomic mass is 10.2. The molecule has 0 saturated heterocycles. The van der Waals surface area contributed by atoms with Gasteiger partial charge < -0.3 is 14.8 Å². The Morgan fingerprint density at radius 1 is 1.27 bits per heavy atom. The summed E-state index contributed by atoms with van der Waals surface area (Å²) in [6.45, 7) is 2.13. The van der Waals surface area contributed by atoms with Crippen molar-refractivity contribution in [2.75, 3.05) is 13.3 Å². The number of ether oxygens (including phenoxy) is 2. The van der Waals surface area contributed by atoms with Gasteiger partial charge in [-0.15, -0.1) is 11.3 Å². The summed E-state index contributed by atoms with van der Waals surface area (Å²) < 4.78 is 37.0. The molecule has 0 bridgehead atoms. The van der Waals surface area contributed by atoms with Crippen LogP contribution >= 0.6 is 11.3 Å². The van der Waals surface area contributed by atoms with E-state index in [1.165, 1.54) is 23.5 Å². The zero-order valence-electron chi connectivity index (χ0n) is 14.4. The van der Waals surface area contributed by atoms with Gasteiger partial charge in [-0.2, -0.15) is 0 Å². The lowest BCUT2D eigenvalue weighted by Gasteiger charge is -2.17. The minimum Gasteiger partial charge on any atom is -0.454 e. The van der Waals surface area contributed by atoms with Crippen molar-refractivity contribution in [3.05, 3.63) is 40.6 Å². The number of carbonyl (C=O) groups excluding carboxylic acids is 1. The molecule has 0 unspecified atom stereocenters. The van der Waals surface area contributed by atoms with Gasteiger partial charge in [-0.25, -0.2) is 8.42 Å². The summed E-state index contributed by atoms with van der Waals surface area (Å²) in [5, 5.41) is 3.76. The normalized spacial score (nSPS) is 14.2. The molecular weight excluding hydrogens is 374 g/mol. The summed E-state index contributed by atoms with van der Waals surface area (Å²) >= 11 is 1.36. The molecule has 0 saturated carbocycles. The fraction of sp³-hybridized carbons (Fsp3) is 0.389. The summed E-state index contributed by atoms with van der Waals surface area (Å²) in [5.41, 5.74) is 0. The van der Waals surface area contributed by atoms with Gasteiger partial charge >= 0.3 is 0 Å². The molecule has 1 aromatic heterocycles. The largest absolute Gasteiger partial charge is 0.454 e. The molecule has 0 spiro atoms. The van der Waals surface area contributed by atoms with Gasteiger partial charge in [-0.05, 0) is 30.0 Å². The van der Waals surface area contributed by atoms with E-state index < -0.39 is 15.1 Å². The van der Waals surface area contributed by atoms with Crippen LogP contribution in [-0.2, 0) is 14.6 Å². The van der Waals surface area contributed by atoms with E-state index in [0.717, 1.165) is 12.8 Å². The summed E-state index contributed by atoms with van der Waals surface area (Å²) in [6.07, 6.45) is 2.10. The second-order valence-electron chi connectivity index (χ2n) is 5.97. The van der Waals surface area contributed by atoms with E-state index in [4.69, 9.17) is 9.47 Å². The molecule has 1 aromatic carbocycles. The SMILES string of the molecule is CCCCC(=O)NC[C@H](c1cccs1)S(=O)(=O)c1ccc2c(c1)OCO2. The number of fused-ring (bicyclic) bond motifs is 1. The second kappa shape index (κ2) is 8.09. The van der Waals surface area contributed by atoms with Crippen molar-refractivity contribution in [3.63, 3.8) is 0 Å². The molecule has 140 valence electrons. The topological polar surface area (TPSA) is 81.7 Å². The third-order valence-corrected chi connectivity index (χ3v) is 7.37. The van der Waals surface area contributed by atoms with Gasteiger partial charge in [-0.1, -0.05) is 19.4 Å². The molecule has 2 aromatic rings. The van der Waals surface area contributed by atoms with Gasteiger partial charge in [0.1, 0.15) is 5.25 Å². The molecule has 0 fully saturated rings. The molecule has 8 heteroatoms. The molecule has 1 aliphatic rings. The van der Waals surface area contributed by atoms with Crippen molar-refractivity contribution in [1.29, 1.82) is 0 Å². The summed E-state index contributed by atoms with van der Waals surface area (Å²) in [7, 11) is -3.70. The zero-order chi connectivity index (χ0) is 18.6. The second-order valence-corrected chi connectivity index (χ2v) is 9.08. The first-order valence-corrected chi connectivity index (χ1v) is 10.9. The molecule has 6 nitrogen and oxygen atoms in total. The van der Waals surface area contributed by atoms with Crippen molar-refractivity contribution < 1.29 is 22.7 Å². The molecule has 26 heavy (non-hydrogen) atoms. The molecule has 2 heterocycles. The quantitative estimate of drug-likeness (QED) is 0.742. The van der Waals surface area contributed by atoms with Gasteiger partial charge in [0.15, 0.2) is 21.3 Å². The maximum atomic E-state index is 13.2. The third kappa shape index (κ3) is 4.02. The lowest BCUT2D eigenvalue weighted by molar-refractivity contribution is -0.121. The van der Waals surface area contributed by atoms with Gasteiger partial charge in [0.05, 0.1) is 4.90 Å². The highest BCUT2D eigenvalue weighted by Crippen LogP contribution is 2.38. The van der Waals surface area contributed by atoms with E-state index in [0.29, 0.717) is 22.8 Å². The van der Waals surface area contributed by atoms with Crippen LogP contribution in [0.4, 0.5) is 0 Å². The van der Waals surface area contributed by atoms with Crippen LogP contribution in [-0.4, -0.2) is 27.7 Å². The predicted molar refractivity (Wildman–Crippen MR) is 99.3 cm³/mol. The molecule has 0 radical (unpaired) electrons.